The molecule has 0 radical (unpaired) electrons. The molecular weight excluding hydrogens is 373 g/mol. The van der Waals surface area contributed by atoms with Gasteiger partial charge in [0.05, 0.1) is 44.9 Å². The van der Waals surface area contributed by atoms with Crippen LogP contribution in [-0.2, 0) is 0 Å². The van der Waals surface area contributed by atoms with Crippen molar-refractivity contribution >= 4 is 34.9 Å². The highest BCUT2D eigenvalue weighted by molar-refractivity contribution is 6.43. The van der Waals surface area contributed by atoms with Gasteiger partial charge in [0.2, 0.25) is 0 Å². The zero-order valence-electron chi connectivity index (χ0n) is 14.2. The first-order valence-electron chi connectivity index (χ1n) is 7.88. The third-order valence-electron chi connectivity index (χ3n) is 4.01. The Morgan fingerprint density at radius 3 is 2.81 bits per heavy atom. The first kappa shape index (κ1) is 18.2. The van der Waals surface area contributed by atoms with Crippen LogP contribution in [0.3, 0.4) is 0 Å². The fourth-order valence-corrected chi connectivity index (χ4v) is 2.96. The predicted molar refractivity (Wildman–Crippen MR) is 103 cm³/mol. The molecule has 6 nitrogen and oxygen atoms in total. The lowest BCUT2D eigenvalue weighted by Crippen LogP contribution is -2.41. The van der Waals surface area contributed by atoms with E-state index in [1.54, 1.807) is 42.9 Å². The fourth-order valence-electron chi connectivity index (χ4n) is 2.58. The zero-order valence-corrected chi connectivity index (χ0v) is 15.7. The minimum absolute atomic E-state index is 0.223. The van der Waals surface area contributed by atoms with Crippen LogP contribution in [0.4, 0.5) is 5.82 Å². The highest BCUT2D eigenvalue weighted by atomic mass is 35.5. The number of anilines is 1. The highest BCUT2D eigenvalue weighted by Gasteiger charge is 2.27. The number of amides is 1. The number of hydrogen-bond donors (Lipinski definition) is 2. The number of hydrogen-bond acceptors (Lipinski definition) is 5. The van der Waals surface area contributed by atoms with Crippen molar-refractivity contribution in [3.8, 4) is 0 Å². The van der Waals surface area contributed by atoms with Crippen LogP contribution in [0.15, 0.2) is 54.3 Å². The molecule has 1 aromatic carbocycles. The van der Waals surface area contributed by atoms with Crippen molar-refractivity contribution in [2.75, 3.05) is 5.32 Å². The summed E-state index contributed by atoms with van der Waals surface area (Å²) in [4.78, 5) is 22.8. The molecule has 2 heterocycles. The number of benzene rings is 1. The number of allylic oxidation sites excluding steroid dienone is 1. The normalized spacial score (nSPS) is 16.8. The Morgan fingerprint density at radius 2 is 2.08 bits per heavy atom. The summed E-state index contributed by atoms with van der Waals surface area (Å²) >= 11 is 12.2. The van der Waals surface area contributed by atoms with E-state index in [9.17, 15) is 4.79 Å². The first-order chi connectivity index (χ1) is 12.4. The molecule has 1 unspecified atom stereocenters. The molecule has 0 fully saturated rings. The number of rotatable bonds is 3. The molecule has 0 saturated carbocycles. The maximum Gasteiger partial charge on any atom is 0.259 e. The van der Waals surface area contributed by atoms with Crippen molar-refractivity contribution in [3.63, 3.8) is 0 Å². The van der Waals surface area contributed by atoms with Crippen LogP contribution in [0.5, 0.6) is 0 Å². The van der Waals surface area contributed by atoms with Crippen LogP contribution in [0.1, 0.15) is 23.0 Å². The number of carbonyl (C=O) groups is 1. The Labute approximate surface area is 161 Å². The highest BCUT2D eigenvalue weighted by Crippen LogP contribution is 2.29. The van der Waals surface area contributed by atoms with Crippen molar-refractivity contribution in [1.82, 2.24) is 14.9 Å². The van der Waals surface area contributed by atoms with E-state index in [1.807, 2.05) is 13.8 Å². The summed E-state index contributed by atoms with van der Waals surface area (Å²) in [7, 11) is 0. The molecule has 8 heteroatoms. The second-order valence-electron chi connectivity index (χ2n) is 5.85. The maximum atomic E-state index is 12.8. The van der Waals surface area contributed by atoms with E-state index in [1.165, 1.54) is 4.90 Å². The van der Waals surface area contributed by atoms with Gasteiger partial charge < -0.3 is 16.0 Å². The number of halogens is 2. The standard InChI is InChI=1S/C18H17Cl2N5O/c1-10-8-22-9-15(23-10)24-14-6-7-25(11(2)17(14)21)18(26)12-4-3-5-13(19)16(12)20/h3-9,11H,21H2,1-2H3,(H,23,24). The number of nitrogens with two attached hydrogens (primary N) is 1. The minimum Gasteiger partial charge on any atom is -0.399 e. The van der Waals surface area contributed by atoms with Gasteiger partial charge in [0, 0.05) is 12.4 Å². The average molecular weight is 390 g/mol. The third-order valence-corrected chi connectivity index (χ3v) is 4.83. The molecule has 1 aliphatic heterocycles. The van der Waals surface area contributed by atoms with E-state index >= 15 is 0 Å². The summed E-state index contributed by atoms with van der Waals surface area (Å²) in [5.74, 6) is 0.302. The van der Waals surface area contributed by atoms with Gasteiger partial charge in [-0.25, -0.2) is 4.98 Å². The van der Waals surface area contributed by atoms with Crippen LogP contribution in [0.25, 0.3) is 0 Å². The van der Waals surface area contributed by atoms with E-state index in [-0.39, 0.29) is 17.0 Å². The van der Waals surface area contributed by atoms with Gasteiger partial charge in [0.1, 0.15) is 5.82 Å². The van der Waals surface area contributed by atoms with Gasteiger partial charge in [-0.05, 0) is 32.1 Å². The Kier molecular flexibility index (Phi) is 5.15. The Morgan fingerprint density at radius 1 is 1.31 bits per heavy atom. The van der Waals surface area contributed by atoms with E-state index in [2.05, 4.69) is 15.3 Å². The second-order valence-corrected chi connectivity index (χ2v) is 6.63. The van der Waals surface area contributed by atoms with Crippen molar-refractivity contribution in [2.24, 2.45) is 5.73 Å². The molecule has 0 bridgehead atoms. The molecule has 0 spiro atoms. The van der Waals surface area contributed by atoms with Crippen LogP contribution >= 0.6 is 23.2 Å². The number of carbonyl (C=O) groups excluding carboxylic acids is 1. The van der Waals surface area contributed by atoms with Crippen molar-refractivity contribution in [1.29, 1.82) is 0 Å². The number of nitrogens with zero attached hydrogens (tertiary/aromatic N) is 3. The van der Waals surface area contributed by atoms with Crippen LogP contribution in [0.2, 0.25) is 10.0 Å². The van der Waals surface area contributed by atoms with Gasteiger partial charge in [-0.1, -0.05) is 29.3 Å². The lowest BCUT2D eigenvalue weighted by molar-refractivity contribution is 0.0792. The SMILES string of the molecule is Cc1cncc(NC2=C(N)C(C)N(C(=O)c3cccc(Cl)c3Cl)C=C2)n1. The smallest absolute Gasteiger partial charge is 0.259 e. The molecule has 1 atom stereocenters. The molecule has 2 aromatic rings. The van der Waals surface area contributed by atoms with Gasteiger partial charge in [0.25, 0.3) is 5.91 Å². The zero-order chi connectivity index (χ0) is 18.8. The van der Waals surface area contributed by atoms with E-state index < -0.39 is 0 Å². The molecule has 0 saturated heterocycles. The summed E-state index contributed by atoms with van der Waals surface area (Å²) in [6.45, 7) is 3.68. The maximum absolute atomic E-state index is 12.8. The number of aromatic nitrogens is 2. The Balaban J connectivity index is 1.84. The van der Waals surface area contributed by atoms with E-state index in [4.69, 9.17) is 28.9 Å². The second kappa shape index (κ2) is 7.35. The molecule has 134 valence electrons. The minimum atomic E-state index is -0.372. The quantitative estimate of drug-likeness (QED) is 0.834. The van der Waals surface area contributed by atoms with E-state index in [0.29, 0.717) is 27.8 Å². The monoisotopic (exact) mass is 389 g/mol. The first-order valence-corrected chi connectivity index (χ1v) is 8.64. The molecule has 3 rings (SSSR count). The van der Waals surface area contributed by atoms with Crippen LogP contribution in [-0.4, -0.2) is 26.8 Å². The molecule has 1 amide bonds. The third kappa shape index (κ3) is 3.52. The number of nitrogens with one attached hydrogen (secondary N) is 1. The Hall–Kier alpha value is -2.57. The fraction of sp³-hybridized carbons (Fsp3) is 0.167. The van der Waals surface area contributed by atoms with Gasteiger partial charge >= 0.3 is 0 Å². The van der Waals surface area contributed by atoms with Gasteiger partial charge in [-0.3, -0.25) is 9.78 Å². The van der Waals surface area contributed by atoms with Gasteiger partial charge in [0.15, 0.2) is 0 Å². The Bertz CT molecular complexity index is 926. The van der Waals surface area contributed by atoms with E-state index in [0.717, 1.165) is 5.69 Å². The summed E-state index contributed by atoms with van der Waals surface area (Å²) in [5, 5.41) is 3.68. The van der Waals surface area contributed by atoms with Crippen LogP contribution in [0, 0.1) is 6.92 Å². The lowest BCUT2D eigenvalue weighted by Gasteiger charge is -2.31. The summed E-state index contributed by atoms with van der Waals surface area (Å²) in [5.41, 5.74) is 8.52. The average Bonchev–Trinajstić information content (AvgIpc) is 2.61. The lowest BCUT2D eigenvalue weighted by atomic mass is 10.1. The molecule has 1 aliphatic rings. The molecular formula is C18H17Cl2N5O. The largest absolute Gasteiger partial charge is 0.399 e. The molecule has 0 aliphatic carbocycles. The summed E-state index contributed by atoms with van der Waals surface area (Å²) in [6.07, 6.45) is 6.65. The molecule has 26 heavy (non-hydrogen) atoms. The number of aryl methyl sites for hydroxylation is 1. The summed E-state index contributed by atoms with van der Waals surface area (Å²) < 4.78 is 0. The molecule has 1 aromatic heterocycles. The van der Waals surface area contributed by atoms with Gasteiger partial charge in [-0.15, -0.1) is 0 Å². The predicted octanol–water partition coefficient (Wildman–Crippen LogP) is 3.73. The van der Waals surface area contributed by atoms with Crippen LogP contribution < -0.4 is 11.1 Å². The van der Waals surface area contributed by atoms with Crippen molar-refractivity contribution < 1.29 is 4.79 Å². The van der Waals surface area contributed by atoms with Gasteiger partial charge in [-0.2, -0.15) is 0 Å². The van der Waals surface area contributed by atoms with Crippen molar-refractivity contribution in [3.05, 3.63) is 75.6 Å². The van der Waals surface area contributed by atoms with Crippen molar-refractivity contribution in [2.45, 2.75) is 19.9 Å². The topological polar surface area (TPSA) is 84.1 Å². The molecule has 3 N–H and O–H groups in total. The summed E-state index contributed by atoms with van der Waals surface area (Å²) in [6, 6.07) is 4.58.